The zero-order chi connectivity index (χ0) is 18.0. The summed E-state index contributed by atoms with van der Waals surface area (Å²) < 4.78 is 1.51. The van der Waals surface area contributed by atoms with Gasteiger partial charge in [0.15, 0.2) is 5.16 Å². The molecule has 134 valence electrons. The second kappa shape index (κ2) is 7.52. The highest BCUT2D eigenvalue weighted by Gasteiger charge is 2.32. The number of carbonyl (C=O) groups excluding carboxylic acids is 1. The number of hydrogen-bond acceptors (Lipinski definition) is 4. The Labute approximate surface area is 153 Å². The molecule has 1 fully saturated rings. The molecule has 0 unspecified atom stereocenters. The normalized spacial score (nSPS) is 22.0. The lowest BCUT2D eigenvalue weighted by Gasteiger charge is -2.40. The van der Waals surface area contributed by atoms with Crippen molar-refractivity contribution in [2.75, 3.05) is 5.84 Å². The number of nitrogens with zero attached hydrogens (tertiary/aromatic N) is 3. The monoisotopic (exact) mass is 358 g/mol. The van der Waals surface area contributed by atoms with Crippen LogP contribution in [0.4, 0.5) is 0 Å². The van der Waals surface area contributed by atoms with Crippen LogP contribution in [0.5, 0.6) is 0 Å². The fourth-order valence-electron chi connectivity index (χ4n) is 3.49. The van der Waals surface area contributed by atoms with Crippen molar-refractivity contribution in [3.8, 4) is 11.3 Å². The van der Waals surface area contributed by atoms with E-state index in [-0.39, 0.29) is 11.2 Å². The molecule has 1 aliphatic heterocycles. The molecule has 0 aliphatic carbocycles. The van der Waals surface area contributed by atoms with Gasteiger partial charge in [-0.05, 0) is 40.0 Å². The van der Waals surface area contributed by atoms with Crippen LogP contribution in [0.3, 0.4) is 0 Å². The lowest BCUT2D eigenvalue weighted by atomic mass is 9.97. The number of aromatic nitrogens is 2. The average molecular weight is 359 g/mol. The standard InChI is InChI=1S/C19H26N4OS/c1-13-8-7-9-14(2)23(13)18(24)15(3)25-19-21-17(12-22(19)20)16-10-5-4-6-11-16/h4-6,10-15H,7-9,20H2,1-3H3/t13-,14+,15-/m1/s1. The number of hydrogen-bond donors (Lipinski definition) is 1. The SMILES string of the molecule is C[C@@H]1CCC[C@H](C)N1C(=O)[C@@H](C)Sc1nc(-c2ccccc2)cn1N. The van der Waals surface area contributed by atoms with E-state index in [1.54, 1.807) is 6.20 Å². The molecule has 1 aromatic carbocycles. The summed E-state index contributed by atoms with van der Waals surface area (Å²) in [5, 5.41) is 0.452. The Morgan fingerprint density at radius 2 is 1.88 bits per heavy atom. The number of imidazole rings is 1. The van der Waals surface area contributed by atoms with E-state index in [4.69, 9.17) is 5.84 Å². The van der Waals surface area contributed by atoms with Crippen LogP contribution in [-0.4, -0.2) is 37.8 Å². The maximum atomic E-state index is 12.9. The van der Waals surface area contributed by atoms with Crippen molar-refractivity contribution in [2.45, 2.75) is 62.5 Å². The largest absolute Gasteiger partial charge is 0.337 e. The number of carbonyl (C=O) groups is 1. The molecule has 0 bridgehead atoms. The summed E-state index contributed by atoms with van der Waals surface area (Å²) in [6.07, 6.45) is 5.16. The van der Waals surface area contributed by atoms with Crippen LogP contribution in [0.2, 0.25) is 0 Å². The van der Waals surface area contributed by atoms with Gasteiger partial charge in [0, 0.05) is 17.6 Å². The van der Waals surface area contributed by atoms with Gasteiger partial charge in [0.05, 0.1) is 17.1 Å². The smallest absolute Gasteiger partial charge is 0.236 e. The molecule has 1 aliphatic rings. The second-order valence-corrected chi connectivity index (χ2v) is 8.12. The number of benzene rings is 1. The molecule has 25 heavy (non-hydrogen) atoms. The highest BCUT2D eigenvalue weighted by Crippen LogP contribution is 2.30. The van der Waals surface area contributed by atoms with Crippen LogP contribution in [0.1, 0.15) is 40.0 Å². The first-order chi connectivity index (χ1) is 12.0. The van der Waals surface area contributed by atoms with Crippen LogP contribution in [0.15, 0.2) is 41.7 Å². The van der Waals surface area contributed by atoms with Gasteiger partial charge in [-0.25, -0.2) is 9.66 Å². The van der Waals surface area contributed by atoms with E-state index in [1.165, 1.54) is 22.9 Å². The molecular weight excluding hydrogens is 332 g/mol. The minimum Gasteiger partial charge on any atom is -0.337 e. The first kappa shape index (κ1) is 17.9. The molecule has 5 nitrogen and oxygen atoms in total. The minimum absolute atomic E-state index is 0.175. The van der Waals surface area contributed by atoms with Gasteiger partial charge in [-0.1, -0.05) is 42.1 Å². The molecular formula is C19H26N4OS. The number of amides is 1. The van der Waals surface area contributed by atoms with Gasteiger partial charge in [0.1, 0.15) is 0 Å². The zero-order valence-corrected chi connectivity index (χ0v) is 15.9. The van der Waals surface area contributed by atoms with E-state index in [9.17, 15) is 4.79 Å². The number of nitrogen functional groups attached to an aromatic ring is 1. The van der Waals surface area contributed by atoms with Gasteiger partial charge >= 0.3 is 0 Å². The lowest BCUT2D eigenvalue weighted by molar-refractivity contribution is -0.136. The summed E-state index contributed by atoms with van der Waals surface area (Å²) in [6.45, 7) is 6.22. The van der Waals surface area contributed by atoms with Gasteiger partial charge in [0.2, 0.25) is 5.91 Å². The Morgan fingerprint density at radius 3 is 2.52 bits per heavy atom. The summed E-state index contributed by atoms with van der Waals surface area (Å²) in [4.78, 5) is 19.6. The molecule has 0 radical (unpaired) electrons. The van der Waals surface area contributed by atoms with Gasteiger partial charge < -0.3 is 10.7 Å². The van der Waals surface area contributed by atoms with Crippen LogP contribution in [0.25, 0.3) is 11.3 Å². The molecule has 2 N–H and O–H groups in total. The van der Waals surface area contributed by atoms with E-state index in [0.29, 0.717) is 17.2 Å². The van der Waals surface area contributed by atoms with Crippen LogP contribution < -0.4 is 5.84 Å². The third-order valence-corrected chi connectivity index (χ3v) is 5.91. The highest BCUT2D eigenvalue weighted by atomic mass is 32.2. The predicted octanol–water partition coefficient (Wildman–Crippen LogP) is 3.53. The summed E-state index contributed by atoms with van der Waals surface area (Å²) in [6, 6.07) is 10.5. The van der Waals surface area contributed by atoms with Crippen molar-refractivity contribution in [1.82, 2.24) is 14.6 Å². The molecule has 1 saturated heterocycles. The van der Waals surface area contributed by atoms with E-state index < -0.39 is 0 Å². The van der Waals surface area contributed by atoms with Crippen molar-refractivity contribution in [3.05, 3.63) is 36.5 Å². The fourth-order valence-corrected chi connectivity index (χ4v) is 4.35. The van der Waals surface area contributed by atoms with Gasteiger partial charge in [0.25, 0.3) is 0 Å². The Bertz CT molecular complexity index is 720. The Hall–Kier alpha value is -1.95. The molecule has 0 saturated carbocycles. The van der Waals surface area contributed by atoms with E-state index in [2.05, 4.69) is 18.8 Å². The van der Waals surface area contributed by atoms with Crippen molar-refractivity contribution in [1.29, 1.82) is 0 Å². The predicted molar refractivity (Wildman–Crippen MR) is 103 cm³/mol. The number of thioether (sulfide) groups is 1. The van der Waals surface area contributed by atoms with Crippen molar-refractivity contribution < 1.29 is 4.79 Å². The molecule has 2 aromatic rings. The quantitative estimate of drug-likeness (QED) is 0.671. The van der Waals surface area contributed by atoms with Crippen LogP contribution in [0, 0.1) is 0 Å². The summed E-state index contributed by atoms with van der Waals surface area (Å²) >= 11 is 1.43. The maximum absolute atomic E-state index is 12.9. The lowest BCUT2D eigenvalue weighted by Crippen LogP contribution is -2.50. The molecule has 0 spiro atoms. The number of rotatable bonds is 4. The van der Waals surface area contributed by atoms with E-state index in [0.717, 1.165) is 24.1 Å². The summed E-state index contributed by atoms with van der Waals surface area (Å²) in [5.74, 6) is 6.24. The minimum atomic E-state index is -0.212. The molecule has 1 aromatic heterocycles. The highest BCUT2D eigenvalue weighted by molar-refractivity contribution is 8.00. The average Bonchev–Trinajstić information content (AvgIpc) is 2.96. The Morgan fingerprint density at radius 1 is 1.24 bits per heavy atom. The number of piperidine rings is 1. The van der Waals surface area contributed by atoms with Crippen molar-refractivity contribution in [2.24, 2.45) is 0 Å². The molecule has 3 rings (SSSR count). The topological polar surface area (TPSA) is 64.2 Å². The van der Waals surface area contributed by atoms with Crippen LogP contribution in [-0.2, 0) is 4.79 Å². The van der Waals surface area contributed by atoms with Crippen molar-refractivity contribution in [3.63, 3.8) is 0 Å². The van der Waals surface area contributed by atoms with Gasteiger partial charge in [-0.2, -0.15) is 0 Å². The van der Waals surface area contributed by atoms with Crippen molar-refractivity contribution >= 4 is 17.7 Å². The molecule has 3 atom stereocenters. The maximum Gasteiger partial charge on any atom is 0.236 e. The Kier molecular flexibility index (Phi) is 5.37. The molecule has 2 heterocycles. The second-order valence-electron chi connectivity index (χ2n) is 6.82. The number of likely N-dealkylation sites (tertiary alicyclic amines) is 1. The van der Waals surface area contributed by atoms with E-state index in [1.807, 2.05) is 42.2 Å². The third kappa shape index (κ3) is 3.84. The van der Waals surface area contributed by atoms with Gasteiger partial charge in [-0.3, -0.25) is 4.79 Å². The van der Waals surface area contributed by atoms with Gasteiger partial charge in [-0.15, -0.1) is 0 Å². The third-order valence-electron chi connectivity index (χ3n) is 4.85. The fraction of sp³-hybridized carbons (Fsp3) is 0.474. The number of nitrogens with two attached hydrogens (primary N) is 1. The Balaban J connectivity index is 1.73. The first-order valence-corrected chi connectivity index (χ1v) is 9.74. The summed E-state index contributed by atoms with van der Waals surface area (Å²) in [7, 11) is 0. The molecule has 1 amide bonds. The van der Waals surface area contributed by atoms with E-state index >= 15 is 0 Å². The molecule has 6 heteroatoms. The zero-order valence-electron chi connectivity index (χ0n) is 15.1. The summed E-state index contributed by atoms with van der Waals surface area (Å²) in [5.41, 5.74) is 1.84. The first-order valence-electron chi connectivity index (χ1n) is 8.86. The van der Waals surface area contributed by atoms with Crippen LogP contribution >= 0.6 is 11.8 Å².